The van der Waals surface area contributed by atoms with E-state index >= 15 is 0 Å². The van der Waals surface area contributed by atoms with Gasteiger partial charge in [-0.2, -0.15) is 22.0 Å². The first-order valence-corrected chi connectivity index (χ1v) is 6.24. The average molecular weight is 331 g/mol. The first kappa shape index (κ1) is 16.7. The van der Waals surface area contributed by atoms with E-state index in [4.69, 9.17) is 10.5 Å². The van der Waals surface area contributed by atoms with Gasteiger partial charge in [-0.3, -0.25) is 4.79 Å². The Morgan fingerprint density at radius 3 is 1.65 bits per heavy atom. The minimum atomic E-state index is -5.67. The Bertz CT molecular complexity index is 693. The van der Waals surface area contributed by atoms with Gasteiger partial charge >= 0.3 is 12.1 Å². The average Bonchev–Trinajstić information content (AvgIpc) is 2.47. The fourth-order valence-electron chi connectivity index (χ4n) is 1.72. The van der Waals surface area contributed by atoms with Crippen LogP contribution < -0.4 is 10.5 Å². The van der Waals surface area contributed by atoms with Crippen molar-refractivity contribution in [3.63, 3.8) is 0 Å². The lowest BCUT2D eigenvalue weighted by atomic mass is 10.1. The van der Waals surface area contributed by atoms with Gasteiger partial charge in [0.2, 0.25) is 5.91 Å². The van der Waals surface area contributed by atoms with Crippen LogP contribution in [0.25, 0.3) is 0 Å². The van der Waals surface area contributed by atoms with E-state index in [0.29, 0.717) is 12.1 Å². The molecule has 2 N–H and O–H groups in total. The van der Waals surface area contributed by atoms with E-state index in [-0.39, 0.29) is 17.1 Å². The zero-order chi connectivity index (χ0) is 17.3. The zero-order valence-electron chi connectivity index (χ0n) is 11.4. The Morgan fingerprint density at radius 2 is 1.26 bits per heavy atom. The first-order valence-electron chi connectivity index (χ1n) is 6.24. The summed E-state index contributed by atoms with van der Waals surface area (Å²) in [7, 11) is 0. The quantitative estimate of drug-likeness (QED) is 0.852. The van der Waals surface area contributed by atoms with Crippen LogP contribution in [0.2, 0.25) is 0 Å². The molecule has 0 bridgehead atoms. The van der Waals surface area contributed by atoms with Gasteiger partial charge in [0.1, 0.15) is 11.5 Å². The minimum absolute atomic E-state index is 0.0681. The maximum atomic E-state index is 13.1. The van der Waals surface area contributed by atoms with E-state index in [2.05, 4.69) is 0 Å². The summed E-state index contributed by atoms with van der Waals surface area (Å²) in [6.45, 7) is 0. The molecule has 0 atom stereocenters. The fraction of sp³-hybridized carbons (Fsp3) is 0.133. The van der Waals surface area contributed by atoms with Crippen molar-refractivity contribution in [3.05, 3.63) is 59.7 Å². The molecule has 0 saturated carbocycles. The molecule has 3 nitrogen and oxygen atoms in total. The van der Waals surface area contributed by atoms with Crippen molar-refractivity contribution in [2.45, 2.75) is 12.1 Å². The van der Waals surface area contributed by atoms with Gasteiger partial charge in [-0.05, 0) is 48.5 Å². The second-order valence-electron chi connectivity index (χ2n) is 4.59. The predicted molar refractivity (Wildman–Crippen MR) is 71.4 cm³/mol. The van der Waals surface area contributed by atoms with Crippen molar-refractivity contribution >= 4 is 5.91 Å². The van der Waals surface area contributed by atoms with Crippen molar-refractivity contribution in [3.8, 4) is 11.5 Å². The van der Waals surface area contributed by atoms with Crippen LogP contribution in [0.5, 0.6) is 11.5 Å². The molecule has 0 spiro atoms. The van der Waals surface area contributed by atoms with Crippen molar-refractivity contribution < 1.29 is 31.5 Å². The van der Waals surface area contributed by atoms with E-state index in [1.54, 1.807) is 0 Å². The van der Waals surface area contributed by atoms with Gasteiger partial charge in [-0.1, -0.05) is 0 Å². The molecule has 0 radical (unpaired) electrons. The summed E-state index contributed by atoms with van der Waals surface area (Å²) in [5, 5.41) is 0. The summed E-state index contributed by atoms with van der Waals surface area (Å²) in [6, 6.07) is 8.89. The lowest BCUT2D eigenvalue weighted by Crippen LogP contribution is -2.33. The van der Waals surface area contributed by atoms with Gasteiger partial charge in [-0.15, -0.1) is 0 Å². The number of amides is 1. The van der Waals surface area contributed by atoms with E-state index in [0.717, 1.165) is 12.1 Å². The van der Waals surface area contributed by atoms with Gasteiger partial charge in [0.15, 0.2) is 0 Å². The molecule has 2 aromatic carbocycles. The van der Waals surface area contributed by atoms with Crippen LogP contribution in [-0.2, 0) is 5.92 Å². The maximum Gasteiger partial charge on any atom is 0.458 e. The summed E-state index contributed by atoms with van der Waals surface area (Å²) in [6.07, 6.45) is -5.67. The third kappa shape index (κ3) is 3.58. The summed E-state index contributed by atoms with van der Waals surface area (Å²) in [5.41, 5.74) is 4.13. The van der Waals surface area contributed by atoms with Crippen LogP contribution in [0, 0.1) is 0 Å². The van der Waals surface area contributed by atoms with E-state index in [1.807, 2.05) is 0 Å². The Morgan fingerprint density at radius 1 is 0.826 bits per heavy atom. The second kappa shape index (κ2) is 5.86. The van der Waals surface area contributed by atoms with Crippen LogP contribution in [-0.4, -0.2) is 12.1 Å². The molecule has 0 aliphatic carbocycles. The SMILES string of the molecule is NC(=O)c1ccc(Oc2ccc(C(F)(F)C(F)(F)F)cc2)cc1. The summed E-state index contributed by atoms with van der Waals surface area (Å²) in [4.78, 5) is 10.9. The molecule has 1 amide bonds. The molecule has 122 valence electrons. The number of carbonyl (C=O) groups excluding carboxylic acids is 1. The molecule has 0 aliphatic rings. The van der Waals surface area contributed by atoms with Crippen LogP contribution in [0.4, 0.5) is 22.0 Å². The molecule has 0 unspecified atom stereocenters. The molecular formula is C15H10F5NO2. The Balaban J connectivity index is 2.16. The molecule has 0 fully saturated rings. The number of benzene rings is 2. The second-order valence-corrected chi connectivity index (χ2v) is 4.59. The Kier molecular flexibility index (Phi) is 4.26. The standard InChI is InChI=1S/C15H10F5NO2/c16-14(17,15(18,19)20)10-3-7-12(8-4-10)23-11-5-1-9(2-6-11)13(21)22/h1-8H,(H2,21,22). The van der Waals surface area contributed by atoms with E-state index in [1.165, 1.54) is 24.3 Å². The highest BCUT2D eigenvalue weighted by Gasteiger charge is 2.58. The molecular weight excluding hydrogens is 321 g/mol. The van der Waals surface area contributed by atoms with Gasteiger partial charge in [0, 0.05) is 11.1 Å². The van der Waals surface area contributed by atoms with E-state index in [9.17, 15) is 26.7 Å². The lowest BCUT2D eigenvalue weighted by Gasteiger charge is -2.20. The van der Waals surface area contributed by atoms with Crippen LogP contribution in [0.1, 0.15) is 15.9 Å². The Hall–Kier alpha value is -2.64. The van der Waals surface area contributed by atoms with Crippen molar-refractivity contribution in [2.24, 2.45) is 5.73 Å². The summed E-state index contributed by atoms with van der Waals surface area (Å²) >= 11 is 0. The largest absolute Gasteiger partial charge is 0.458 e. The highest BCUT2D eigenvalue weighted by Crippen LogP contribution is 2.44. The maximum absolute atomic E-state index is 13.1. The van der Waals surface area contributed by atoms with Crippen LogP contribution in [0.3, 0.4) is 0 Å². The van der Waals surface area contributed by atoms with Crippen molar-refractivity contribution in [1.82, 2.24) is 0 Å². The summed E-state index contributed by atoms with van der Waals surface area (Å²) in [5.74, 6) is -5.23. The van der Waals surface area contributed by atoms with Gasteiger partial charge in [0.25, 0.3) is 0 Å². The molecule has 2 aromatic rings. The lowest BCUT2D eigenvalue weighted by molar-refractivity contribution is -0.289. The highest BCUT2D eigenvalue weighted by molar-refractivity contribution is 5.92. The highest BCUT2D eigenvalue weighted by atomic mass is 19.4. The summed E-state index contributed by atoms with van der Waals surface area (Å²) < 4.78 is 68.3. The third-order valence-corrected chi connectivity index (χ3v) is 2.95. The smallest absolute Gasteiger partial charge is 0.457 e. The van der Waals surface area contributed by atoms with Crippen LogP contribution in [0.15, 0.2) is 48.5 Å². The number of rotatable bonds is 4. The van der Waals surface area contributed by atoms with Gasteiger partial charge in [-0.25, -0.2) is 0 Å². The zero-order valence-corrected chi connectivity index (χ0v) is 11.4. The minimum Gasteiger partial charge on any atom is -0.457 e. The number of hydrogen-bond donors (Lipinski definition) is 1. The fourth-order valence-corrected chi connectivity index (χ4v) is 1.72. The number of halogens is 5. The molecule has 0 saturated heterocycles. The number of nitrogens with two attached hydrogens (primary N) is 1. The first-order chi connectivity index (χ1) is 10.6. The molecule has 0 heterocycles. The molecule has 2 rings (SSSR count). The molecule has 23 heavy (non-hydrogen) atoms. The number of alkyl halides is 5. The van der Waals surface area contributed by atoms with E-state index < -0.39 is 23.6 Å². The van der Waals surface area contributed by atoms with Gasteiger partial charge in [0.05, 0.1) is 0 Å². The predicted octanol–water partition coefficient (Wildman–Crippen LogP) is 4.23. The van der Waals surface area contributed by atoms with Crippen molar-refractivity contribution in [1.29, 1.82) is 0 Å². The normalized spacial score (nSPS) is 12.0. The number of primary amides is 1. The van der Waals surface area contributed by atoms with Crippen molar-refractivity contribution in [2.75, 3.05) is 0 Å². The van der Waals surface area contributed by atoms with Gasteiger partial charge < -0.3 is 10.5 Å². The number of ether oxygens (including phenoxy) is 1. The molecule has 0 aromatic heterocycles. The number of carbonyl (C=O) groups is 1. The monoisotopic (exact) mass is 331 g/mol. The molecule has 0 aliphatic heterocycles. The molecule has 8 heteroatoms. The topological polar surface area (TPSA) is 52.3 Å². The Labute approximate surface area is 127 Å². The number of hydrogen-bond acceptors (Lipinski definition) is 2. The third-order valence-electron chi connectivity index (χ3n) is 2.95. The van der Waals surface area contributed by atoms with Crippen LogP contribution >= 0.6 is 0 Å².